The van der Waals surface area contributed by atoms with Crippen molar-refractivity contribution in [3.8, 4) is 0 Å². The lowest BCUT2D eigenvalue weighted by Gasteiger charge is -2.11. The number of hydrogen-bond acceptors (Lipinski definition) is 4. The SMILES string of the molecule is Cc1sc2ncnc(Nc3cccc(C(F)(F)F)c3)c2c1C. The number of aromatic nitrogens is 2. The maximum Gasteiger partial charge on any atom is 0.416 e. The van der Waals surface area contributed by atoms with E-state index in [4.69, 9.17) is 0 Å². The summed E-state index contributed by atoms with van der Waals surface area (Å²) in [6.07, 6.45) is -2.96. The van der Waals surface area contributed by atoms with Crippen LogP contribution in [0.2, 0.25) is 0 Å². The molecule has 0 bridgehead atoms. The first-order valence-corrected chi connectivity index (χ1v) is 7.33. The highest BCUT2D eigenvalue weighted by atomic mass is 32.1. The van der Waals surface area contributed by atoms with Crippen molar-refractivity contribution in [3.05, 3.63) is 46.6 Å². The molecule has 2 aromatic heterocycles. The number of thiophene rings is 1. The van der Waals surface area contributed by atoms with E-state index < -0.39 is 11.7 Å². The van der Waals surface area contributed by atoms with Crippen molar-refractivity contribution >= 4 is 33.1 Å². The minimum atomic E-state index is -4.37. The van der Waals surface area contributed by atoms with Crippen molar-refractivity contribution in [2.45, 2.75) is 20.0 Å². The lowest BCUT2D eigenvalue weighted by Crippen LogP contribution is -2.05. The van der Waals surface area contributed by atoms with Crippen LogP contribution in [-0.4, -0.2) is 9.97 Å². The molecule has 0 fully saturated rings. The summed E-state index contributed by atoms with van der Waals surface area (Å²) in [7, 11) is 0. The Morgan fingerprint density at radius 2 is 1.91 bits per heavy atom. The van der Waals surface area contributed by atoms with E-state index in [9.17, 15) is 13.2 Å². The van der Waals surface area contributed by atoms with E-state index in [-0.39, 0.29) is 0 Å². The molecule has 0 atom stereocenters. The summed E-state index contributed by atoms with van der Waals surface area (Å²) in [5.74, 6) is 0.520. The summed E-state index contributed by atoms with van der Waals surface area (Å²) >= 11 is 1.54. The van der Waals surface area contributed by atoms with Gasteiger partial charge in [0.05, 0.1) is 10.9 Å². The Balaban J connectivity index is 2.04. The number of nitrogens with one attached hydrogen (secondary N) is 1. The normalized spacial score (nSPS) is 11.9. The van der Waals surface area contributed by atoms with Gasteiger partial charge in [-0.1, -0.05) is 6.07 Å². The molecule has 0 spiro atoms. The van der Waals surface area contributed by atoms with Crippen molar-refractivity contribution in [2.24, 2.45) is 0 Å². The van der Waals surface area contributed by atoms with E-state index in [1.807, 2.05) is 13.8 Å². The number of fused-ring (bicyclic) bond motifs is 1. The second kappa shape index (κ2) is 5.24. The molecule has 0 aliphatic rings. The first-order valence-electron chi connectivity index (χ1n) is 6.51. The van der Waals surface area contributed by atoms with Crippen LogP contribution in [0, 0.1) is 13.8 Å². The molecule has 3 nitrogen and oxygen atoms in total. The van der Waals surface area contributed by atoms with Crippen LogP contribution in [0.25, 0.3) is 10.2 Å². The van der Waals surface area contributed by atoms with Gasteiger partial charge in [-0.2, -0.15) is 13.2 Å². The average molecular weight is 323 g/mol. The van der Waals surface area contributed by atoms with Crippen LogP contribution < -0.4 is 5.32 Å². The number of rotatable bonds is 2. The van der Waals surface area contributed by atoms with Gasteiger partial charge in [0.2, 0.25) is 0 Å². The molecule has 3 rings (SSSR count). The lowest BCUT2D eigenvalue weighted by atomic mass is 10.2. The molecule has 114 valence electrons. The number of benzene rings is 1. The molecular weight excluding hydrogens is 311 g/mol. The summed E-state index contributed by atoms with van der Waals surface area (Å²) in [6, 6.07) is 5.07. The van der Waals surface area contributed by atoms with Crippen LogP contribution >= 0.6 is 11.3 Å². The first kappa shape index (κ1) is 14.8. The van der Waals surface area contributed by atoms with Gasteiger partial charge >= 0.3 is 6.18 Å². The average Bonchev–Trinajstić information content (AvgIpc) is 2.75. The van der Waals surface area contributed by atoms with Gasteiger partial charge in [0.1, 0.15) is 17.0 Å². The summed E-state index contributed by atoms with van der Waals surface area (Å²) in [5.41, 5.74) is 0.689. The third kappa shape index (κ3) is 2.64. The Bertz CT molecular complexity index is 840. The third-order valence-corrected chi connectivity index (χ3v) is 4.53. The molecule has 1 N–H and O–H groups in total. The van der Waals surface area contributed by atoms with Crippen LogP contribution in [-0.2, 0) is 6.18 Å². The second-order valence-electron chi connectivity index (χ2n) is 4.89. The summed E-state index contributed by atoms with van der Waals surface area (Å²) in [6.45, 7) is 3.94. The zero-order chi connectivity index (χ0) is 15.9. The predicted octanol–water partition coefficient (Wildman–Crippen LogP) is 5.07. The summed E-state index contributed by atoms with van der Waals surface area (Å²) in [5, 5.41) is 3.82. The molecule has 0 aliphatic carbocycles. The third-order valence-electron chi connectivity index (χ3n) is 3.42. The zero-order valence-corrected chi connectivity index (χ0v) is 12.6. The number of nitrogens with zero attached hydrogens (tertiary/aromatic N) is 2. The van der Waals surface area contributed by atoms with Crippen LogP contribution in [0.5, 0.6) is 0 Å². The van der Waals surface area contributed by atoms with Gasteiger partial charge in [-0.05, 0) is 37.6 Å². The Labute approximate surface area is 128 Å². The van der Waals surface area contributed by atoms with Crippen molar-refractivity contribution in [1.29, 1.82) is 0 Å². The highest BCUT2D eigenvalue weighted by Gasteiger charge is 2.30. The van der Waals surface area contributed by atoms with Crippen LogP contribution in [0.3, 0.4) is 0 Å². The Morgan fingerprint density at radius 3 is 2.64 bits per heavy atom. The first-order chi connectivity index (χ1) is 10.4. The second-order valence-corrected chi connectivity index (χ2v) is 6.09. The smallest absolute Gasteiger partial charge is 0.340 e. The minimum absolute atomic E-state index is 0.345. The molecule has 0 amide bonds. The van der Waals surface area contributed by atoms with Gasteiger partial charge in [0.15, 0.2) is 0 Å². The van der Waals surface area contributed by atoms with Gasteiger partial charge in [-0.15, -0.1) is 11.3 Å². The number of anilines is 2. The lowest BCUT2D eigenvalue weighted by molar-refractivity contribution is -0.137. The predicted molar refractivity (Wildman–Crippen MR) is 81.6 cm³/mol. The van der Waals surface area contributed by atoms with E-state index in [0.717, 1.165) is 32.8 Å². The maximum absolute atomic E-state index is 12.8. The summed E-state index contributed by atoms with van der Waals surface area (Å²) in [4.78, 5) is 10.3. The molecule has 2 heterocycles. The van der Waals surface area contributed by atoms with Crippen LogP contribution in [0.1, 0.15) is 16.0 Å². The largest absolute Gasteiger partial charge is 0.416 e. The Morgan fingerprint density at radius 1 is 1.14 bits per heavy atom. The van der Waals surface area contributed by atoms with Crippen molar-refractivity contribution < 1.29 is 13.2 Å². The van der Waals surface area contributed by atoms with Gasteiger partial charge < -0.3 is 5.32 Å². The molecule has 3 aromatic rings. The highest BCUT2D eigenvalue weighted by Crippen LogP contribution is 2.35. The number of aryl methyl sites for hydroxylation is 2. The van der Waals surface area contributed by atoms with E-state index in [1.165, 1.54) is 23.7 Å². The van der Waals surface area contributed by atoms with Gasteiger partial charge in [0.25, 0.3) is 0 Å². The van der Waals surface area contributed by atoms with Gasteiger partial charge in [-0.25, -0.2) is 9.97 Å². The van der Waals surface area contributed by atoms with Crippen molar-refractivity contribution in [2.75, 3.05) is 5.32 Å². The molecule has 22 heavy (non-hydrogen) atoms. The molecular formula is C15H12F3N3S. The zero-order valence-electron chi connectivity index (χ0n) is 11.8. The molecule has 0 unspecified atom stereocenters. The standard InChI is InChI=1S/C15H12F3N3S/c1-8-9(2)22-14-12(8)13(19-7-20-14)21-11-5-3-4-10(6-11)15(16,17)18/h3-7H,1-2H3,(H,19,20,21). The molecule has 7 heteroatoms. The summed E-state index contributed by atoms with van der Waals surface area (Å²) < 4.78 is 38.3. The number of hydrogen-bond donors (Lipinski definition) is 1. The Kier molecular flexibility index (Phi) is 3.52. The molecule has 1 aromatic carbocycles. The fourth-order valence-corrected chi connectivity index (χ4v) is 3.18. The molecule has 0 aliphatic heterocycles. The molecule has 0 radical (unpaired) electrons. The fourth-order valence-electron chi connectivity index (χ4n) is 2.19. The van der Waals surface area contributed by atoms with Gasteiger partial charge in [0, 0.05) is 10.6 Å². The molecule has 0 saturated heterocycles. The molecule has 0 saturated carbocycles. The van der Waals surface area contributed by atoms with Crippen LogP contribution in [0.4, 0.5) is 24.7 Å². The van der Waals surface area contributed by atoms with E-state index >= 15 is 0 Å². The monoisotopic (exact) mass is 323 g/mol. The topological polar surface area (TPSA) is 37.8 Å². The van der Waals surface area contributed by atoms with Crippen LogP contribution in [0.15, 0.2) is 30.6 Å². The maximum atomic E-state index is 12.8. The number of alkyl halides is 3. The number of halogens is 3. The Hall–Kier alpha value is -2.15. The van der Waals surface area contributed by atoms with E-state index in [0.29, 0.717) is 11.5 Å². The quantitative estimate of drug-likeness (QED) is 0.715. The van der Waals surface area contributed by atoms with Crippen molar-refractivity contribution in [1.82, 2.24) is 9.97 Å². The van der Waals surface area contributed by atoms with Crippen molar-refractivity contribution in [3.63, 3.8) is 0 Å². The highest BCUT2D eigenvalue weighted by molar-refractivity contribution is 7.18. The van der Waals surface area contributed by atoms with Gasteiger partial charge in [-0.3, -0.25) is 0 Å². The van der Waals surface area contributed by atoms with E-state index in [2.05, 4.69) is 15.3 Å². The van der Waals surface area contributed by atoms with E-state index in [1.54, 1.807) is 6.07 Å². The fraction of sp³-hybridized carbons (Fsp3) is 0.200. The minimum Gasteiger partial charge on any atom is -0.340 e.